The molecule has 2 fully saturated rings. The monoisotopic (exact) mass is 334 g/mol. The number of hydrogen-bond donors (Lipinski definition) is 1. The number of carbonyl (C=O) groups excluding carboxylic acids is 1. The van der Waals surface area contributed by atoms with E-state index in [2.05, 4.69) is 35.8 Å². The molecule has 1 aromatic rings. The maximum Gasteiger partial charge on any atom is 0.317 e. The summed E-state index contributed by atoms with van der Waals surface area (Å²) >= 11 is 1.86. The predicted octanol–water partition coefficient (Wildman–Crippen LogP) is 3.45. The van der Waals surface area contributed by atoms with Crippen LogP contribution in [0, 0.1) is 0 Å². The van der Waals surface area contributed by atoms with Gasteiger partial charge in [-0.2, -0.15) is 11.8 Å². The van der Waals surface area contributed by atoms with Gasteiger partial charge in [0.2, 0.25) is 0 Å². The van der Waals surface area contributed by atoms with Crippen LogP contribution in [0.5, 0.6) is 0 Å². The highest BCUT2D eigenvalue weighted by molar-refractivity contribution is 8.00. The molecular weight excluding hydrogens is 308 g/mol. The first-order valence-electron chi connectivity index (χ1n) is 8.46. The van der Waals surface area contributed by atoms with Crippen LogP contribution in [0.4, 0.5) is 4.79 Å². The number of urea groups is 1. The number of ether oxygens (including phenoxy) is 1. The van der Waals surface area contributed by atoms with Crippen LogP contribution in [0.15, 0.2) is 30.3 Å². The third-order valence-corrected chi connectivity index (χ3v) is 6.52. The summed E-state index contributed by atoms with van der Waals surface area (Å²) in [7, 11) is 0. The van der Waals surface area contributed by atoms with Crippen LogP contribution in [-0.4, -0.2) is 48.2 Å². The average Bonchev–Trinajstić information content (AvgIpc) is 3.11. The van der Waals surface area contributed by atoms with Gasteiger partial charge in [0.15, 0.2) is 0 Å². The van der Waals surface area contributed by atoms with Crippen molar-refractivity contribution in [1.29, 1.82) is 0 Å². The zero-order valence-corrected chi connectivity index (χ0v) is 14.6. The Kier molecular flexibility index (Phi) is 5.49. The highest BCUT2D eigenvalue weighted by atomic mass is 32.2. The van der Waals surface area contributed by atoms with Crippen molar-refractivity contribution in [1.82, 2.24) is 10.2 Å². The molecule has 1 N–H and O–H groups in total. The summed E-state index contributed by atoms with van der Waals surface area (Å²) in [5, 5.41) is 3.20. The smallest absolute Gasteiger partial charge is 0.317 e. The first-order valence-corrected chi connectivity index (χ1v) is 9.69. The molecule has 0 saturated carbocycles. The van der Waals surface area contributed by atoms with E-state index in [1.54, 1.807) is 0 Å². The van der Waals surface area contributed by atoms with E-state index in [4.69, 9.17) is 4.74 Å². The van der Waals surface area contributed by atoms with Crippen molar-refractivity contribution < 1.29 is 9.53 Å². The van der Waals surface area contributed by atoms with Crippen molar-refractivity contribution in [3.8, 4) is 0 Å². The van der Waals surface area contributed by atoms with E-state index in [0.717, 1.165) is 52.0 Å². The fraction of sp³-hybridized carbons (Fsp3) is 0.611. The van der Waals surface area contributed by atoms with E-state index in [1.807, 2.05) is 22.7 Å². The van der Waals surface area contributed by atoms with Gasteiger partial charge < -0.3 is 15.0 Å². The molecule has 5 heteroatoms. The number of nitrogens with one attached hydrogen (secondary N) is 1. The van der Waals surface area contributed by atoms with Crippen LogP contribution < -0.4 is 5.32 Å². The van der Waals surface area contributed by atoms with Crippen molar-refractivity contribution in [3.05, 3.63) is 35.9 Å². The molecule has 0 aliphatic carbocycles. The van der Waals surface area contributed by atoms with Crippen molar-refractivity contribution in [2.45, 2.75) is 36.5 Å². The first kappa shape index (κ1) is 16.7. The second-order valence-corrected chi connectivity index (χ2v) is 7.69. The molecule has 1 aromatic carbocycles. The molecule has 0 spiro atoms. The van der Waals surface area contributed by atoms with Crippen LogP contribution in [0.25, 0.3) is 0 Å². The van der Waals surface area contributed by atoms with Gasteiger partial charge >= 0.3 is 6.03 Å². The van der Waals surface area contributed by atoms with Crippen LogP contribution >= 0.6 is 11.8 Å². The molecule has 2 saturated heterocycles. The third-order valence-electron chi connectivity index (χ3n) is 5.10. The van der Waals surface area contributed by atoms with E-state index in [1.165, 1.54) is 5.56 Å². The Hall–Kier alpha value is -1.20. The Morgan fingerprint density at radius 2 is 2.09 bits per heavy atom. The topological polar surface area (TPSA) is 41.6 Å². The standard InChI is InChI=1S/C18H26N2O2S/c1-23-18(9-12-22-13-10-18)14-19-17(21)20-11-5-8-16(20)15-6-3-2-4-7-15/h2-4,6-7,16H,5,8-14H2,1H3,(H,19,21)/t16-/m0/s1. The fourth-order valence-electron chi connectivity index (χ4n) is 3.57. The van der Waals surface area contributed by atoms with Gasteiger partial charge in [-0.3, -0.25) is 0 Å². The molecule has 23 heavy (non-hydrogen) atoms. The first-order chi connectivity index (χ1) is 11.2. The minimum atomic E-state index is 0.0799. The summed E-state index contributed by atoms with van der Waals surface area (Å²) < 4.78 is 5.61. The normalized spacial score (nSPS) is 23.7. The van der Waals surface area contributed by atoms with Gasteiger partial charge in [-0.05, 0) is 37.5 Å². The molecule has 2 heterocycles. The highest BCUT2D eigenvalue weighted by Crippen LogP contribution is 2.34. The summed E-state index contributed by atoms with van der Waals surface area (Å²) in [6.45, 7) is 3.18. The number of amides is 2. The quantitative estimate of drug-likeness (QED) is 0.917. The predicted molar refractivity (Wildman–Crippen MR) is 94.8 cm³/mol. The van der Waals surface area contributed by atoms with E-state index < -0.39 is 0 Å². The fourth-order valence-corrected chi connectivity index (χ4v) is 4.36. The average molecular weight is 334 g/mol. The van der Waals surface area contributed by atoms with Crippen molar-refractivity contribution in [2.75, 3.05) is 32.6 Å². The van der Waals surface area contributed by atoms with Gasteiger partial charge in [0.25, 0.3) is 0 Å². The third kappa shape index (κ3) is 3.83. The Balaban J connectivity index is 1.61. The lowest BCUT2D eigenvalue weighted by Crippen LogP contribution is -2.48. The molecule has 126 valence electrons. The van der Waals surface area contributed by atoms with Gasteiger partial charge in [0, 0.05) is 31.1 Å². The molecule has 2 aliphatic rings. The lowest BCUT2D eigenvalue weighted by Gasteiger charge is -2.36. The van der Waals surface area contributed by atoms with E-state index in [9.17, 15) is 4.79 Å². The van der Waals surface area contributed by atoms with Crippen LogP contribution in [0.1, 0.15) is 37.3 Å². The Morgan fingerprint density at radius 1 is 1.35 bits per heavy atom. The van der Waals surface area contributed by atoms with Crippen LogP contribution in [-0.2, 0) is 4.74 Å². The van der Waals surface area contributed by atoms with Gasteiger partial charge in [-0.1, -0.05) is 30.3 Å². The molecule has 0 bridgehead atoms. The second-order valence-electron chi connectivity index (χ2n) is 6.42. The van der Waals surface area contributed by atoms with Gasteiger partial charge in [-0.15, -0.1) is 0 Å². The largest absolute Gasteiger partial charge is 0.381 e. The molecule has 3 rings (SSSR count). The number of thioether (sulfide) groups is 1. The molecule has 4 nitrogen and oxygen atoms in total. The van der Waals surface area contributed by atoms with E-state index in [-0.39, 0.29) is 16.8 Å². The molecule has 2 amide bonds. The van der Waals surface area contributed by atoms with Crippen LogP contribution in [0.2, 0.25) is 0 Å². The summed E-state index contributed by atoms with van der Waals surface area (Å²) in [5.41, 5.74) is 1.24. The second kappa shape index (κ2) is 7.58. The molecular formula is C18H26N2O2S. The lowest BCUT2D eigenvalue weighted by molar-refractivity contribution is 0.0771. The minimum absolute atomic E-state index is 0.0799. The van der Waals surface area contributed by atoms with Crippen LogP contribution in [0.3, 0.4) is 0 Å². The Morgan fingerprint density at radius 3 is 2.78 bits per heavy atom. The molecule has 0 radical (unpaired) electrons. The summed E-state index contributed by atoms with van der Waals surface area (Å²) in [6, 6.07) is 10.7. The molecule has 2 aliphatic heterocycles. The van der Waals surface area contributed by atoms with Gasteiger partial charge in [0.1, 0.15) is 0 Å². The maximum absolute atomic E-state index is 12.7. The number of rotatable bonds is 4. The van der Waals surface area contributed by atoms with E-state index in [0.29, 0.717) is 0 Å². The van der Waals surface area contributed by atoms with E-state index >= 15 is 0 Å². The number of carbonyl (C=O) groups is 1. The summed E-state index contributed by atoms with van der Waals surface area (Å²) in [4.78, 5) is 14.7. The van der Waals surface area contributed by atoms with Gasteiger partial charge in [-0.25, -0.2) is 4.79 Å². The maximum atomic E-state index is 12.7. The number of benzene rings is 1. The molecule has 0 aromatic heterocycles. The summed E-state index contributed by atoms with van der Waals surface area (Å²) in [5.74, 6) is 0. The van der Waals surface area contributed by atoms with Crippen molar-refractivity contribution in [2.24, 2.45) is 0 Å². The highest BCUT2D eigenvalue weighted by Gasteiger charge is 2.34. The SMILES string of the molecule is CSC1(CNC(=O)N2CCC[C@H]2c2ccccc2)CCOCC1. The Labute approximate surface area is 143 Å². The number of nitrogens with zero attached hydrogens (tertiary/aromatic N) is 1. The zero-order chi connectivity index (χ0) is 16.1. The van der Waals surface area contributed by atoms with Gasteiger partial charge in [0.05, 0.1) is 6.04 Å². The molecule has 1 atom stereocenters. The van der Waals surface area contributed by atoms with Crippen molar-refractivity contribution >= 4 is 17.8 Å². The minimum Gasteiger partial charge on any atom is -0.381 e. The lowest BCUT2D eigenvalue weighted by atomic mass is 9.99. The number of hydrogen-bond acceptors (Lipinski definition) is 3. The molecule has 0 unspecified atom stereocenters. The Bertz CT molecular complexity index is 517. The van der Waals surface area contributed by atoms with Crippen molar-refractivity contribution in [3.63, 3.8) is 0 Å². The number of likely N-dealkylation sites (tertiary alicyclic amines) is 1. The zero-order valence-electron chi connectivity index (χ0n) is 13.8. The summed E-state index contributed by atoms with van der Waals surface area (Å²) in [6.07, 6.45) is 6.29.